The molecule has 0 heterocycles. The van der Waals surface area contributed by atoms with E-state index >= 15 is 0 Å². The first-order chi connectivity index (χ1) is 6.65. The van der Waals surface area contributed by atoms with Gasteiger partial charge >= 0.3 is 6.61 Å². The molecule has 0 saturated heterocycles. The van der Waals surface area contributed by atoms with Gasteiger partial charge in [-0.1, -0.05) is 4.47 Å². The van der Waals surface area contributed by atoms with Crippen LogP contribution in [0.2, 0.25) is 0 Å². The monoisotopic (exact) mass is 243 g/mol. The van der Waals surface area contributed by atoms with E-state index in [9.17, 15) is 17.2 Å². The lowest BCUT2D eigenvalue weighted by Crippen LogP contribution is -2.47. The summed E-state index contributed by atoms with van der Waals surface area (Å²) in [5.74, 6) is 0. The van der Waals surface area contributed by atoms with Crippen LogP contribution in [0, 0.1) is 0 Å². The van der Waals surface area contributed by atoms with E-state index in [1.54, 1.807) is 0 Å². The van der Waals surface area contributed by atoms with E-state index in [4.69, 9.17) is 0 Å². The third kappa shape index (κ3) is 3.09. The molecule has 1 fully saturated rings. The lowest BCUT2D eigenvalue weighted by molar-refractivity contribution is -0.265. The Balaban J connectivity index is 2.90. The van der Waals surface area contributed by atoms with Crippen molar-refractivity contribution in [2.75, 3.05) is 0 Å². The number of rotatable bonds is 4. The van der Waals surface area contributed by atoms with Gasteiger partial charge in [0.25, 0.3) is 0 Å². The summed E-state index contributed by atoms with van der Waals surface area (Å²) in [6.45, 7) is 1.40. The molecule has 0 bridgehead atoms. The van der Waals surface area contributed by atoms with Gasteiger partial charge in [-0.05, 0) is 33.6 Å². The molecule has 0 unspecified atom stereocenters. The first-order valence-electron chi connectivity index (χ1n) is 4.65. The van der Waals surface area contributed by atoms with Crippen LogP contribution in [0.25, 0.3) is 0 Å². The van der Waals surface area contributed by atoms with Crippen LogP contribution in [0.3, 0.4) is 0 Å². The van der Waals surface area contributed by atoms with Gasteiger partial charge in [-0.2, -0.15) is 8.78 Å². The maximum absolute atomic E-state index is 12.1. The largest absolute Gasteiger partial charge is 0.361 e. The zero-order valence-corrected chi connectivity index (χ0v) is 9.72. The van der Waals surface area contributed by atoms with Gasteiger partial charge in [0.1, 0.15) is 0 Å². The van der Waals surface area contributed by atoms with Gasteiger partial charge in [0.15, 0.2) is 0 Å². The normalized spacial score (nSPS) is 18.9. The molecule has 0 aromatic rings. The molecule has 0 amide bonds. The van der Waals surface area contributed by atoms with Crippen LogP contribution < -0.4 is 0 Å². The van der Waals surface area contributed by atoms with Gasteiger partial charge in [-0.25, -0.2) is 13.3 Å². The van der Waals surface area contributed by atoms with E-state index in [2.05, 4.69) is 4.84 Å². The fraction of sp³-hybridized carbons (Fsp3) is 1.00. The molecular formula is C8H15F2NO3S. The van der Waals surface area contributed by atoms with Crippen LogP contribution in [0.1, 0.15) is 33.6 Å². The molecule has 90 valence electrons. The first kappa shape index (κ1) is 12.8. The highest BCUT2D eigenvalue weighted by Gasteiger charge is 2.46. The summed E-state index contributed by atoms with van der Waals surface area (Å²) in [6, 6.07) is 0. The maximum Gasteiger partial charge on any atom is 0.361 e. The number of hydrogen-bond acceptors (Lipinski definition) is 3. The second-order valence-corrected chi connectivity index (χ2v) is 6.54. The quantitative estimate of drug-likeness (QED) is 0.706. The van der Waals surface area contributed by atoms with Crippen LogP contribution in [-0.4, -0.2) is 30.3 Å². The lowest BCUT2D eigenvalue weighted by Gasteiger charge is -2.32. The van der Waals surface area contributed by atoms with Gasteiger partial charge in [0, 0.05) is 0 Å². The van der Waals surface area contributed by atoms with E-state index in [-0.39, 0.29) is 0 Å². The Kier molecular flexibility index (Phi) is 3.37. The average Bonchev–Trinajstić information content (AvgIpc) is 2.78. The summed E-state index contributed by atoms with van der Waals surface area (Å²) < 4.78 is 48.1. The van der Waals surface area contributed by atoms with Crippen molar-refractivity contribution >= 4 is 10.0 Å². The Morgan fingerprint density at radius 3 is 2.07 bits per heavy atom. The number of hydrogen-bond donors (Lipinski definition) is 0. The number of alkyl halides is 2. The summed E-state index contributed by atoms with van der Waals surface area (Å²) in [6.07, 6.45) is 1.03. The molecule has 1 aliphatic rings. The SMILES string of the molecule is CC(C)(C)N(OC(F)F)S(=O)(=O)C1CC1. The van der Waals surface area contributed by atoms with Crippen LogP contribution in [-0.2, 0) is 14.9 Å². The minimum atomic E-state index is -3.75. The Hall–Kier alpha value is -0.270. The third-order valence-corrected chi connectivity index (χ3v) is 4.31. The highest BCUT2D eigenvalue weighted by molar-refractivity contribution is 7.89. The van der Waals surface area contributed by atoms with Crippen LogP contribution in [0.4, 0.5) is 8.78 Å². The van der Waals surface area contributed by atoms with Gasteiger partial charge in [0.05, 0.1) is 10.8 Å². The van der Waals surface area contributed by atoms with E-state index in [1.165, 1.54) is 20.8 Å². The van der Waals surface area contributed by atoms with Crippen LogP contribution >= 0.6 is 0 Å². The maximum atomic E-state index is 12.1. The lowest BCUT2D eigenvalue weighted by atomic mass is 10.1. The average molecular weight is 243 g/mol. The van der Waals surface area contributed by atoms with E-state index < -0.39 is 27.4 Å². The van der Waals surface area contributed by atoms with Gasteiger partial charge in [-0.3, -0.25) is 0 Å². The Labute approximate surface area is 88.2 Å². The second-order valence-electron chi connectivity index (χ2n) is 4.51. The molecule has 0 aromatic carbocycles. The van der Waals surface area contributed by atoms with Crippen molar-refractivity contribution < 1.29 is 22.0 Å². The molecular weight excluding hydrogens is 228 g/mol. The molecule has 0 radical (unpaired) electrons. The summed E-state index contributed by atoms with van der Waals surface area (Å²) in [5, 5.41) is -0.560. The predicted octanol–water partition coefficient (Wildman–Crippen LogP) is 1.73. The number of halogens is 2. The molecule has 1 saturated carbocycles. The van der Waals surface area contributed by atoms with E-state index in [1.807, 2.05) is 0 Å². The molecule has 15 heavy (non-hydrogen) atoms. The fourth-order valence-corrected chi connectivity index (χ4v) is 3.12. The minimum absolute atomic E-state index is 0.433. The van der Waals surface area contributed by atoms with Gasteiger partial charge in [-0.15, -0.1) is 0 Å². The molecule has 1 aliphatic carbocycles. The minimum Gasteiger partial charge on any atom is -0.216 e. The molecule has 4 nitrogen and oxygen atoms in total. The summed E-state index contributed by atoms with van der Waals surface area (Å²) in [5.41, 5.74) is -1.00. The number of hydroxylamine groups is 1. The highest BCUT2D eigenvalue weighted by atomic mass is 32.2. The standard InChI is InChI=1S/C8H15F2NO3S/c1-8(2,3)11(14-7(9)10)15(12,13)6-4-5-6/h6-7H,4-5H2,1-3H3. The fourth-order valence-electron chi connectivity index (χ4n) is 1.17. The highest BCUT2D eigenvalue weighted by Crippen LogP contribution is 2.35. The molecule has 0 spiro atoms. The molecule has 0 N–H and O–H groups in total. The molecule has 0 aliphatic heterocycles. The topological polar surface area (TPSA) is 46.6 Å². The summed E-state index contributed by atoms with van der Waals surface area (Å²) >= 11 is 0. The van der Waals surface area contributed by atoms with Crippen LogP contribution in [0.5, 0.6) is 0 Å². The molecule has 0 aromatic heterocycles. The molecule has 1 rings (SSSR count). The molecule has 0 atom stereocenters. The van der Waals surface area contributed by atoms with Gasteiger partial charge in [0.2, 0.25) is 10.0 Å². The Morgan fingerprint density at radius 1 is 1.33 bits per heavy atom. The van der Waals surface area contributed by atoms with Crippen molar-refractivity contribution in [1.82, 2.24) is 4.47 Å². The zero-order chi connectivity index (χ0) is 11.9. The zero-order valence-electron chi connectivity index (χ0n) is 8.91. The second kappa shape index (κ2) is 3.95. The van der Waals surface area contributed by atoms with E-state index in [0.29, 0.717) is 17.3 Å². The predicted molar refractivity (Wildman–Crippen MR) is 50.6 cm³/mol. The van der Waals surface area contributed by atoms with Crippen molar-refractivity contribution in [3.63, 3.8) is 0 Å². The smallest absolute Gasteiger partial charge is 0.216 e. The first-order valence-corrected chi connectivity index (χ1v) is 6.15. The van der Waals surface area contributed by atoms with Crippen LogP contribution in [0.15, 0.2) is 0 Å². The van der Waals surface area contributed by atoms with Crippen molar-refractivity contribution in [3.8, 4) is 0 Å². The van der Waals surface area contributed by atoms with Crippen molar-refractivity contribution in [1.29, 1.82) is 0 Å². The summed E-state index contributed by atoms with van der Waals surface area (Å²) in [4.78, 5) is 4.09. The van der Waals surface area contributed by atoms with Gasteiger partial charge < -0.3 is 0 Å². The van der Waals surface area contributed by atoms with Crippen molar-refractivity contribution in [2.45, 2.75) is 51.0 Å². The van der Waals surface area contributed by atoms with Crippen molar-refractivity contribution in [2.24, 2.45) is 0 Å². The summed E-state index contributed by atoms with van der Waals surface area (Å²) in [7, 11) is -3.75. The number of nitrogens with zero attached hydrogens (tertiary/aromatic N) is 1. The van der Waals surface area contributed by atoms with Crippen molar-refractivity contribution in [3.05, 3.63) is 0 Å². The molecule has 7 heteroatoms. The van der Waals surface area contributed by atoms with E-state index in [0.717, 1.165) is 0 Å². The third-order valence-electron chi connectivity index (χ3n) is 1.90. The Morgan fingerprint density at radius 2 is 1.80 bits per heavy atom. The Bertz CT molecular complexity index is 319. The number of sulfonamides is 1.